The number of carbonyl (C=O) groups excluding carboxylic acids is 2. The molecule has 0 aliphatic rings. The largest absolute Gasteiger partial charge is 0.350 e. The second kappa shape index (κ2) is 13.9. The molecule has 7 nitrogen and oxygen atoms in total. The molecule has 3 aromatic carbocycles. The summed E-state index contributed by atoms with van der Waals surface area (Å²) in [6.07, 6.45) is 1.27. The van der Waals surface area contributed by atoms with E-state index in [1.807, 2.05) is 77.1 Å². The van der Waals surface area contributed by atoms with Crippen LogP contribution in [0.1, 0.15) is 57.2 Å². The van der Waals surface area contributed by atoms with E-state index in [4.69, 9.17) is 23.2 Å². The monoisotopic (exact) mass is 631 g/mol. The van der Waals surface area contributed by atoms with Crippen molar-refractivity contribution in [3.63, 3.8) is 0 Å². The predicted octanol–water partition coefficient (Wildman–Crippen LogP) is 6.44. The lowest BCUT2D eigenvalue weighted by molar-refractivity contribution is -0.140. The molecule has 10 heteroatoms. The van der Waals surface area contributed by atoms with Gasteiger partial charge in [0.15, 0.2) is 0 Å². The first-order valence-electron chi connectivity index (χ1n) is 13.7. The number of benzene rings is 3. The molecule has 226 valence electrons. The molecular weight excluding hydrogens is 593 g/mol. The van der Waals surface area contributed by atoms with E-state index in [1.54, 1.807) is 30.3 Å². The second-order valence-corrected chi connectivity index (χ2v) is 14.5. The Kier molecular flexibility index (Phi) is 11.1. The highest BCUT2D eigenvalue weighted by atomic mass is 35.5. The summed E-state index contributed by atoms with van der Waals surface area (Å²) >= 11 is 12.6. The molecular formula is C32H39Cl2N3O4S. The normalized spacial score (nSPS) is 12.6. The van der Waals surface area contributed by atoms with Gasteiger partial charge in [0.25, 0.3) is 0 Å². The minimum atomic E-state index is -3.86. The molecule has 0 unspecified atom stereocenters. The van der Waals surface area contributed by atoms with Gasteiger partial charge in [-0.3, -0.25) is 13.9 Å². The molecule has 0 bridgehead atoms. The van der Waals surface area contributed by atoms with Crippen LogP contribution in [0.3, 0.4) is 0 Å². The van der Waals surface area contributed by atoms with Crippen molar-refractivity contribution in [2.75, 3.05) is 17.1 Å². The van der Waals surface area contributed by atoms with Gasteiger partial charge < -0.3 is 10.2 Å². The zero-order valence-electron chi connectivity index (χ0n) is 24.9. The number of rotatable bonds is 11. The van der Waals surface area contributed by atoms with Gasteiger partial charge in [0.2, 0.25) is 21.8 Å². The predicted molar refractivity (Wildman–Crippen MR) is 172 cm³/mol. The Bertz CT molecular complexity index is 1490. The van der Waals surface area contributed by atoms with Gasteiger partial charge in [-0.15, -0.1) is 0 Å². The molecule has 3 rings (SSSR count). The number of sulfonamides is 1. The first kappa shape index (κ1) is 33.4. The Hall–Kier alpha value is -3.07. The van der Waals surface area contributed by atoms with Gasteiger partial charge >= 0.3 is 0 Å². The summed E-state index contributed by atoms with van der Waals surface area (Å²) in [5, 5.41) is 3.76. The minimum Gasteiger partial charge on any atom is -0.350 e. The Morgan fingerprint density at radius 3 is 2.07 bits per heavy atom. The lowest BCUT2D eigenvalue weighted by Crippen LogP contribution is -2.56. The number of nitrogens with one attached hydrogen (secondary N) is 1. The maximum atomic E-state index is 14.2. The van der Waals surface area contributed by atoms with Crippen LogP contribution < -0.4 is 9.62 Å². The molecule has 1 atom stereocenters. The maximum Gasteiger partial charge on any atom is 0.244 e. The maximum absolute atomic E-state index is 14.2. The van der Waals surface area contributed by atoms with Crippen LogP contribution in [-0.2, 0) is 32.6 Å². The van der Waals surface area contributed by atoms with E-state index in [1.165, 1.54) is 4.90 Å². The molecule has 0 aromatic heterocycles. The average Bonchev–Trinajstić information content (AvgIpc) is 2.89. The zero-order valence-corrected chi connectivity index (χ0v) is 27.2. The highest BCUT2D eigenvalue weighted by Gasteiger charge is 2.34. The fraction of sp³-hybridized carbons (Fsp3) is 0.375. The molecule has 2 amide bonds. The van der Waals surface area contributed by atoms with E-state index >= 15 is 0 Å². The van der Waals surface area contributed by atoms with E-state index in [9.17, 15) is 18.0 Å². The van der Waals surface area contributed by atoms with E-state index < -0.39 is 34.1 Å². The van der Waals surface area contributed by atoms with Gasteiger partial charge in [-0.2, -0.15) is 0 Å². The van der Waals surface area contributed by atoms with E-state index in [0.717, 1.165) is 21.7 Å². The summed E-state index contributed by atoms with van der Waals surface area (Å²) < 4.78 is 27.0. The third-order valence-electron chi connectivity index (χ3n) is 6.65. The molecule has 0 heterocycles. The summed E-state index contributed by atoms with van der Waals surface area (Å²) in [5.74, 6) is -0.659. The van der Waals surface area contributed by atoms with Crippen LogP contribution in [-0.4, -0.2) is 49.5 Å². The van der Waals surface area contributed by atoms with Gasteiger partial charge in [-0.1, -0.05) is 85.6 Å². The molecule has 42 heavy (non-hydrogen) atoms. The number of nitrogens with zero attached hydrogens (tertiary/aromatic N) is 2. The van der Waals surface area contributed by atoms with Crippen molar-refractivity contribution < 1.29 is 18.0 Å². The smallest absolute Gasteiger partial charge is 0.244 e. The van der Waals surface area contributed by atoms with Crippen molar-refractivity contribution in [2.24, 2.45) is 0 Å². The summed E-state index contributed by atoms with van der Waals surface area (Å²) in [6, 6.07) is 20.4. The van der Waals surface area contributed by atoms with Crippen molar-refractivity contribution >= 4 is 50.7 Å². The molecule has 1 N–H and O–H groups in total. The quantitative estimate of drug-likeness (QED) is 0.264. The molecule has 0 fully saturated rings. The Balaban J connectivity index is 2.09. The van der Waals surface area contributed by atoms with Crippen molar-refractivity contribution in [1.82, 2.24) is 10.2 Å². The Morgan fingerprint density at radius 2 is 1.55 bits per heavy atom. The molecule has 0 saturated carbocycles. The van der Waals surface area contributed by atoms with Gasteiger partial charge in [0, 0.05) is 28.5 Å². The van der Waals surface area contributed by atoms with Crippen LogP contribution in [0.15, 0.2) is 72.8 Å². The summed E-state index contributed by atoms with van der Waals surface area (Å²) in [7, 11) is -3.86. The fourth-order valence-corrected chi connectivity index (χ4v) is 5.80. The molecule has 0 radical (unpaired) electrons. The SMILES string of the molecule is CC(C)c1ccc(N(CC(=O)N(Cc2ccc(Cl)cc2Cl)[C@@H](Cc2ccccc2)C(=O)NC(C)(C)C)S(C)(=O)=O)cc1. The highest BCUT2D eigenvalue weighted by molar-refractivity contribution is 7.92. The van der Waals surface area contributed by atoms with Gasteiger partial charge in [0.05, 0.1) is 11.9 Å². The van der Waals surface area contributed by atoms with Gasteiger partial charge in [0.1, 0.15) is 12.6 Å². The first-order chi connectivity index (χ1) is 19.5. The number of hydrogen-bond acceptors (Lipinski definition) is 4. The van der Waals surface area contributed by atoms with Crippen molar-refractivity contribution in [1.29, 1.82) is 0 Å². The van der Waals surface area contributed by atoms with E-state index in [2.05, 4.69) is 5.32 Å². The number of halogens is 2. The lowest BCUT2D eigenvalue weighted by Gasteiger charge is -2.35. The van der Waals surface area contributed by atoms with Crippen molar-refractivity contribution in [3.05, 3.63) is 99.5 Å². The molecule has 0 saturated heterocycles. The Labute approximate surface area is 259 Å². The summed E-state index contributed by atoms with van der Waals surface area (Å²) in [5.41, 5.74) is 2.24. The zero-order chi connectivity index (χ0) is 31.2. The minimum absolute atomic E-state index is 0.0339. The topological polar surface area (TPSA) is 86.8 Å². The number of amides is 2. The van der Waals surface area contributed by atoms with E-state index in [-0.39, 0.29) is 24.8 Å². The van der Waals surface area contributed by atoms with Crippen LogP contribution in [0.25, 0.3) is 0 Å². The van der Waals surface area contributed by atoms with Crippen LogP contribution >= 0.6 is 23.2 Å². The standard InChI is InChI=1S/C32H39Cl2N3O4S/c1-22(2)24-13-16-27(17-14-24)37(42(6,40)41)21-30(38)36(20-25-12-15-26(33)19-28(25)34)29(31(39)35-32(3,4)5)18-23-10-8-7-9-11-23/h7-17,19,22,29H,18,20-21H2,1-6H3,(H,35,39)/t29-/m0/s1. The summed E-state index contributed by atoms with van der Waals surface area (Å²) in [4.78, 5) is 29.4. The van der Waals surface area contributed by atoms with Crippen LogP contribution in [0, 0.1) is 0 Å². The average molecular weight is 633 g/mol. The number of anilines is 1. The van der Waals surface area contributed by atoms with E-state index in [0.29, 0.717) is 21.3 Å². The lowest BCUT2D eigenvalue weighted by atomic mass is 10.0. The Morgan fingerprint density at radius 1 is 0.929 bits per heavy atom. The van der Waals surface area contributed by atoms with Crippen molar-refractivity contribution in [3.8, 4) is 0 Å². The van der Waals surface area contributed by atoms with Crippen LogP contribution in [0.4, 0.5) is 5.69 Å². The third-order valence-corrected chi connectivity index (χ3v) is 8.38. The molecule has 0 spiro atoms. The molecule has 3 aromatic rings. The summed E-state index contributed by atoms with van der Waals surface area (Å²) in [6.45, 7) is 9.13. The number of hydrogen-bond donors (Lipinski definition) is 1. The molecule has 0 aliphatic carbocycles. The third kappa shape index (κ3) is 9.48. The van der Waals surface area contributed by atoms with Gasteiger partial charge in [-0.25, -0.2) is 8.42 Å². The van der Waals surface area contributed by atoms with Crippen molar-refractivity contribution in [2.45, 2.75) is 65.1 Å². The van der Waals surface area contributed by atoms with Gasteiger partial charge in [-0.05, 0) is 67.6 Å². The van der Waals surface area contributed by atoms with Crippen LogP contribution in [0.5, 0.6) is 0 Å². The first-order valence-corrected chi connectivity index (χ1v) is 16.3. The second-order valence-electron chi connectivity index (χ2n) is 11.7. The highest BCUT2D eigenvalue weighted by Crippen LogP contribution is 2.26. The van der Waals surface area contributed by atoms with Crippen LogP contribution in [0.2, 0.25) is 10.0 Å². The molecule has 0 aliphatic heterocycles. The number of carbonyl (C=O) groups is 2. The fourth-order valence-electron chi connectivity index (χ4n) is 4.48.